The molecule has 3 rings (SSSR count). The first-order valence-corrected chi connectivity index (χ1v) is 9.69. The molecule has 32 heavy (non-hydrogen) atoms. The minimum atomic E-state index is -0.536. The number of aromatic nitrogens is 2. The summed E-state index contributed by atoms with van der Waals surface area (Å²) in [6.45, 7) is 5.75. The molecular weight excluding hydrogens is 414 g/mol. The fraction of sp³-hybridized carbons (Fsp3) is 0.227. The highest BCUT2D eigenvalue weighted by Crippen LogP contribution is 2.38. The molecule has 0 aliphatic carbocycles. The van der Waals surface area contributed by atoms with Gasteiger partial charge in [0, 0.05) is 23.4 Å². The lowest BCUT2D eigenvalue weighted by molar-refractivity contribution is -0.386. The number of ether oxygens (including phenoxy) is 2. The molecule has 2 aromatic carbocycles. The first-order chi connectivity index (χ1) is 15.3. The van der Waals surface area contributed by atoms with Crippen LogP contribution in [0.1, 0.15) is 27.9 Å². The van der Waals surface area contributed by atoms with Crippen LogP contribution in [0.3, 0.4) is 0 Å². The van der Waals surface area contributed by atoms with Gasteiger partial charge in [-0.15, -0.1) is 0 Å². The smallest absolute Gasteiger partial charge is 0.315 e. The van der Waals surface area contributed by atoms with Gasteiger partial charge in [0.25, 0.3) is 5.56 Å². The molecule has 0 bridgehead atoms. The Labute approximate surface area is 184 Å². The van der Waals surface area contributed by atoms with Crippen molar-refractivity contribution >= 4 is 17.9 Å². The van der Waals surface area contributed by atoms with Crippen LogP contribution < -0.4 is 20.5 Å². The van der Waals surface area contributed by atoms with Crippen molar-refractivity contribution in [2.24, 2.45) is 5.10 Å². The predicted octanol–water partition coefficient (Wildman–Crippen LogP) is 3.64. The van der Waals surface area contributed by atoms with Gasteiger partial charge in [-0.05, 0) is 38.0 Å². The topological polar surface area (TPSA) is 132 Å². The van der Waals surface area contributed by atoms with Gasteiger partial charge in [0.05, 0.1) is 18.2 Å². The van der Waals surface area contributed by atoms with Gasteiger partial charge in [-0.3, -0.25) is 19.9 Å². The molecule has 1 heterocycles. The summed E-state index contributed by atoms with van der Waals surface area (Å²) in [5.41, 5.74) is 5.96. The lowest BCUT2D eigenvalue weighted by Gasteiger charge is -2.13. The van der Waals surface area contributed by atoms with E-state index in [1.54, 1.807) is 13.0 Å². The van der Waals surface area contributed by atoms with Crippen molar-refractivity contribution in [1.82, 2.24) is 9.97 Å². The Bertz CT molecular complexity index is 1240. The molecular formula is C22H23N5O5. The minimum Gasteiger partial charge on any atom is -0.493 e. The summed E-state index contributed by atoms with van der Waals surface area (Å²) in [7, 11) is 1.41. The monoisotopic (exact) mass is 437 g/mol. The number of nitro benzene ring substituents is 1. The molecule has 3 aromatic rings. The number of methoxy groups -OCH3 is 1. The quantitative estimate of drug-likeness (QED) is 0.312. The predicted molar refractivity (Wildman–Crippen MR) is 121 cm³/mol. The Kier molecular flexibility index (Phi) is 6.83. The second-order valence-electron chi connectivity index (χ2n) is 7.15. The number of anilines is 1. The van der Waals surface area contributed by atoms with Gasteiger partial charge in [0.2, 0.25) is 11.7 Å². The largest absolute Gasteiger partial charge is 0.493 e. The molecule has 0 fully saturated rings. The maximum Gasteiger partial charge on any atom is 0.315 e. The number of H-pyrrole nitrogens is 1. The summed E-state index contributed by atoms with van der Waals surface area (Å²) in [5, 5.41) is 15.7. The Morgan fingerprint density at radius 1 is 1.22 bits per heavy atom. The minimum absolute atomic E-state index is 0.0354. The van der Waals surface area contributed by atoms with Gasteiger partial charge in [0.15, 0.2) is 5.75 Å². The van der Waals surface area contributed by atoms with Crippen LogP contribution in [0.25, 0.3) is 0 Å². The molecule has 0 radical (unpaired) electrons. The van der Waals surface area contributed by atoms with Crippen LogP contribution >= 0.6 is 0 Å². The molecule has 0 aliphatic rings. The first-order valence-electron chi connectivity index (χ1n) is 9.69. The molecule has 10 heteroatoms. The highest BCUT2D eigenvalue weighted by atomic mass is 16.6. The maximum atomic E-state index is 11.7. The Morgan fingerprint density at radius 3 is 2.69 bits per heavy atom. The summed E-state index contributed by atoms with van der Waals surface area (Å²) in [5.74, 6) is 0.391. The van der Waals surface area contributed by atoms with E-state index in [1.165, 1.54) is 25.5 Å². The lowest BCUT2D eigenvalue weighted by Crippen LogP contribution is -2.10. The van der Waals surface area contributed by atoms with Crippen molar-refractivity contribution in [2.45, 2.75) is 27.4 Å². The van der Waals surface area contributed by atoms with Crippen LogP contribution in [0.15, 0.2) is 46.3 Å². The van der Waals surface area contributed by atoms with Crippen LogP contribution in [0.4, 0.5) is 11.6 Å². The molecule has 0 saturated heterocycles. The molecule has 0 aliphatic heterocycles. The average molecular weight is 437 g/mol. The SMILES string of the molecule is COc1cc(/C=N\Nc2nc(C)cc(=O)[nH]2)cc([N+](=O)[O-])c1OCc1cc(C)ccc1C. The van der Waals surface area contributed by atoms with Gasteiger partial charge < -0.3 is 9.47 Å². The Balaban J connectivity index is 1.86. The number of hydrogen-bond donors (Lipinski definition) is 2. The van der Waals surface area contributed by atoms with E-state index in [2.05, 4.69) is 20.5 Å². The van der Waals surface area contributed by atoms with E-state index in [-0.39, 0.29) is 35.3 Å². The second kappa shape index (κ2) is 9.73. The highest BCUT2D eigenvalue weighted by Gasteiger charge is 2.22. The molecule has 2 N–H and O–H groups in total. The summed E-state index contributed by atoms with van der Waals surface area (Å²) in [4.78, 5) is 29.2. The van der Waals surface area contributed by atoms with E-state index in [4.69, 9.17) is 9.47 Å². The molecule has 10 nitrogen and oxygen atoms in total. The van der Waals surface area contributed by atoms with E-state index >= 15 is 0 Å². The van der Waals surface area contributed by atoms with Crippen LogP contribution in [-0.2, 0) is 6.61 Å². The number of nitrogens with zero attached hydrogens (tertiary/aromatic N) is 3. The van der Waals surface area contributed by atoms with E-state index in [0.717, 1.165) is 16.7 Å². The van der Waals surface area contributed by atoms with Crippen LogP contribution in [-0.4, -0.2) is 28.2 Å². The molecule has 0 unspecified atom stereocenters. The summed E-state index contributed by atoms with van der Waals surface area (Å²) < 4.78 is 11.2. The van der Waals surface area contributed by atoms with Gasteiger partial charge in [-0.25, -0.2) is 10.4 Å². The standard InChI is InChI=1S/C22H23N5O5/c1-13-5-6-14(2)17(7-13)12-32-21-18(27(29)30)9-16(10-19(21)31-4)11-23-26-22-24-15(3)8-20(28)25-22/h5-11H,12H2,1-4H3,(H2,24,25,26,28)/b23-11-. The van der Waals surface area contributed by atoms with Crippen LogP contribution in [0.2, 0.25) is 0 Å². The fourth-order valence-corrected chi connectivity index (χ4v) is 3.02. The van der Waals surface area contributed by atoms with Gasteiger partial charge in [0.1, 0.15) is 6.61 Å². The fourth-order valence-electron chi connectivity index (χ4n) is 3.02. The van der Waals surface area contributed by atoms with Gasteiger partial charge >= 0.3 is 5.69 Å². The van der Waals surface area contributed by atoms with Crippen LogP contribution in [0.5, 0.6) is 11.5 Å². The van der Waals surface area contributed by atoms with Crippen molar-refractivity contribution in [1.29, 1.82) is 0 Å². The van der Waals surface area contributed by atoms with Gasteiger partial charge in [-0.2, -0.15) is 5.10 Å². The third-order valence-electron chi connectivity index (χ3n) is 4.60. The van der Waals surface area contributed by atoms with E-state index in [9.17, 15) is 14.9 Å². The van der Waals surface area contributed by atoms with E-state index in [0.29, 0.717) is 11.3 Å². The average Bonchev–Trinajstić information content (AvgIpc) is 2.73. The number of hydrogen-bond acceptors (Lipinski definition) is 8. The molecule has 0 spiro atoms. The first kappa shape index (κ1) is 22.5. The third-order valence-corrected chi connectivity index (χ3v) is 4.60. The Morgan fingerprint density at radius 2 is 2.00 bits per heavy atom. The maximum absolute atomic E-state index is 11.7. The normalized spacial score (nSPS) is 10.9. The highest BCUT2D eigenvalue weighted by molar-refractivity contribution is 5.83. The molecule has 0 atom stereocenters. The number of hydrazone groups is 1. The molecule has 1 aromatic heterocycles. The lowest BCUT2D eigenvalue weighted by atomic mass is 10.1. The van der Waals surface area contributed by atoms with E-state index < -0.39 is 4.92 Å². The zero-order valence-electron chi connectivity index (χ0n) is 18.1. The second-order valence-corrected chi connectivity index (χ2v) is 7.15. The summed E-state index contributed by atoms with van der Waals surface area (Å²) >= 11 is 0. The van der Waals surface area contributed by atoms with Crippen molar-refractivity contribution < 1.29 is 14.4 Å². The molecule has 166 valence electrons. The molecule has 0 saturated carbocycles. The number of aryl methyl sites for hydroxylation is 3. The molecule has 0 amide bonds. The Hall–Kier alpha value is -4.21. The summed E-state index contributed by atoms with van der Waals surface area (Å²) in [6, 6.07) is 10.2. The number of nitro groups is 1. The van der Waals surface area contributed by atoms with Crippen molar-refractivity contribution in [3.05, 3.63) is 84.8 Å². The van der Waals surface area contributed by atoms with Crippen molar-refractivity contribution in [2.75, 3.05) is 12.5 Å². The van der Waals surface area contributed by atoms with Crippen LogP contribution in [0, 0.1) is 30.9 Å². The van der Waals surface area contributed by atoms with Crippen molar-refractivity contribution in [3.8, 4) is 11.5 Å². The number of benzene rings is 2. The van der Waals surface area contributed by atoms with Crippen molar-refractivity contribution in [3.63, 3.8) is 0 Å². The third kappa shape index (κ3) is 5.48. The van der Waals surface area contributed by atoms with E-state index in [1.807, 2.05) is 32.0 Å². The zero-order chi connectivity index (χ0) is 23.3. The summed E-state index contributed by atoms with van der Waals surface area (Å²) in [6.07, 6.45) is 1.35. The number of aromatic amines is 1. The zero-order valence-corrected chi connectivity index (χ0v) is 18.1. The number of rotatable bonds is 8. The number of nitrogens with one attached hydrogen (secondary N) is 2. The van der Waals surface area contributed by atoms with Gasteiger partial charge in [-0.1, -0.05) is 23.8 Å².